The summed E-state index contributed by atoms with van der Waals surface area (Å²) < 4.78 is 0. The van der Waals surface area contributed by atoms with Crippen molar-refractivity contribution in [1.82, 2.24) is 0 Å². The summed E-state index contributed by atoms with van der Waals surface area (Å²) in [5.74, 6) is 2.53. The van der Waals surface area contributed by atoms with E-state index in [2.05, 4.69) is 13.8 Å². The molecule has 0 bridgehead atoms. The topological polar surface area (TPSA) is 26.0 Å². The number of hydrogen-bond acceptors (Lipinski definition) is 1. The zero-order valence-electron chi connectivity index (χ0n) is 11.9. The van der Waals surface area contributed by atoms with E-state index in [0.29, 0.717) is 0 Å². The Morgan fingerprint density at radius 1 is 0.941 bits per heavy atom. The van der Waals surface area contributed by atoms with Crippen LogP contribution in [0.15, 0.2) is 0 Å². The van der Waals surface area contributed by atoms with Crippen molar-refractivity contribution in [3.05, 3.63) is 0 Å². The quantitative estimate of drug-likeness (QED) is 0.703. The Kier molecular flexibility index (Phi) is 4.52. The Labute approximate surface area is 108 Å². The highest BCUT2D eigenvalue weighted by Crippen LogP contribution is 2.43. The summed E-state index contributed by atoms with van der Waals surface area (Å²) in [7, 11) is 0. The molecule has 0 heterocycles. The molecule has 0 aromatic carbocycles. The van der Waals surface area contributed by atoms with Crippen LogP contribution in [0.25, 0.3) is 0 Å². The van der Waals surface area contributed by atoms with Crippen LogP contribution in [0.4, 0.5) is 0 Å². The smallest absolute Gasteiger partial charge is 0.0185 e. The lowest BCUT2D eigenvalue weighted by atomic mass is 9.65. The highest BCUT2D eigenvalue weighted by atomic mass is 14.8. The standard InChI is InChI=1S/C16H31N/c1-13(2)14-8-7-11-16(17,12-14)15-9-5-3-4-6-10-15/h13-15H,3-12,17H2,1-2H3. The number of nitrogens with two attached hydrogens (primary N) is 1. The normalized spacial score (nSPS) is 37.1. The third-order valence-electron chi connectivity index (χ3n) is 5.47. The van der Waals surface area contributed by atoms with Gasteiger partial charge in [0.2, 0.25) is 0 Å². The van der Waals surface area contributed by atoms with Gasteiger partial charge in [0.05, 0.1) is 0 Å². The molecule has 2 saturated carbocycles. The molecular weight excluding hydrogens is 206 g/mol. The fourth-order valence-electron chi connectivity index (χ4n) is 4.18. The molecule has 0 amide bonds. The highest BCUT2D eigenvalue weighted by molar-refractivity contribution is 4.97. The van der Waals surface area contributed by atoms with E-state index in [4.69, 9.17) is 5.73 Å². The summed E-state index contributed by atoms with van der Waals surface area (Å²) in [6.45, 7) is 4.76. The lowest BCUT2D eigenvalue weighted by molar-refractivity contribution is 0.117. The summed E-state index contributed by atoms with van der Waals surface area (Å²) in [5, 5.41) is 0. The van der Waals surface area contributed by atoms with Gasteiger partial charge in [0.15, 0.2) is 0 Å². The Morgan fingerprint density at radius 2 is 1.59 bits per heavy atom. The molecule has 0 spiro atoms. The van der Waals surface area contributed by atoms with E-state index in [1.165, 1.54) is 64.2 Å². The lowest BCUT2D eigenvalue weighted by Gasteiger charge is -2.45. The van der Waals surface area contributed by atoms with Crippen LogP contribution >= 0.6 is 0 Å². The zero-order valence-corrected chi connectivity index (χ0v) is 11.9. The molecule has 2 aliphatic carbocycles. The van der Waals surface area contributed by atoms with Gasteiger partial charge in [-0.1, -0.05) is 52.4 Å². The van der Waals surface area contributed by atoms with E-state index in [0.717, 1.165) is 17.8 Å². The molecule has 2 atom stereocenters. The van der Waals surface area contributed by atoms with Crippen molar-refractivity contribution in [2.24, 2.45) is 23.5 Å². The van der Waals surface area contributed by atoms with Gasteiger partial charge in [0, 0.05) is 5.54 Å². The average Bonchev–Trinajstić information content (AvgIpc) is 2.58. The Hall–Kier alpha value is -0.0400. The highest BCUT2D eigenvalue weighted by Gasteiger charge is 2.39. The third kappa shape index (κ3) is 3.24. The molecule has 0 aromatic rings. The van der Waals surface area contributed by atoms with Gasteiger partial charge in [-0.2, -0.15) is 0 Å². The van der Waals surface area contributed by atoms with E-state index in [1.807, 2.05) is 0 Å². The van der Waals surface area contributed by atoms with Gasteiger partial charge in [-0.05, 0) is 43.4 Å². The maximum Gasteiger partial charge on any atom is 0.0185 e. The summed E-state index contributed by atoms with van der Waals surface area (Å²) in [4.78, 5) is 0. The molecule has 2 unspecified atom stereocenters. The van der Waals surface area contributed by atoms with E-state index in [1.54, 1.807) is 0 Å². The lowest BCUT2D eigenvalue weighted by Crippen LogP contribution is -2.51. The van der Waals surface area contributed by atoms with Crippen molar-refractivity contribution in [2.45, 2.75) is 83.6 Å². The fourth-order valence-corrected chi connectivity index (χ4v) is 4.18. The zero-order chi connectivity index (χ0) is 12.3. The van der Waals surface area contributed by atoms with E-state index < -0.39 is 0 Å². The molecule has 1 heteroatoms. The molecule has 2 aliphatic rings. The van der Waals surface area contributed by atoms with Crippen LogP contribution in [0.3, 0.4) is 0 Å². The SMILES string of the molecule is CC(C)C1CCCC(N)(C2CCCCCC2)C1. The fraction of sp³-hybridized carbons (Fsp3) is 1.00. The van der Waals surface area contributed by atoms with Crippen molar-refractivity contribution >= 4 is 0 Å². The second-order valence-corrected chi connectivity index (χ2v) is 7.02. The second-order valence-electron chi connectivity index (χ2n) is 7.02. The first-order valence-electron chi connectivity index (χ1n) is 7.91. The van der Waals surface area contributed by atoms with Crippen LogP contribution in [0.2, 0.25) is 0 Å². The first-order chi connectivity index (χ1) is 8.12. The largest absolute Gasteiger partial charge is 0.325 e. The van der Waals surface area contributed by atoms with Crippen molar-refractivity contribution in [2.75, 3.05) is 0 Å². The summed E-state index contributed by atoms with van der Waals surface area (Å²) in [6.07, 6.45) is 13.9. The molecule has 0 saturated heterocycles. The molecule has 0 radical (unpaired) electrons. The van der Waals surface area contributed by atoms with Crippen LogP contribution in [0.5, 0.6) is 0 Å². The first kappa shape index (κ1) is 13.4. The molecular formula is C16H31N. The summed E-state index contributed by atoms with van der Waals surface area (Å²) >= 11 is 0. The predicted octanol–water partition coefficient (Wildman–Crippen LogP) is 4.50. The van der Waals surface area contributed by atoms with Crippen molar-refractivity contribution in [1.29, 1.82) is 0 Å². The molecule has 0 aliphatic heterocycles. The molecule has 17 heavy (non-hydrogen) atoms. The molecule has 2 N–H and O–H groups in total. The van der Waals surface area contributed by atoms with Crippen LogP contribution in [0.1, 0.15) is 78.1 Å². The first-order valence-corrected chi connectivity index (χ1v) is 7.91. The van der Waals surface area contributed by atoms with Gasteiger partial charge in [-0.15, -0.1) is 0 Å². The van der Waals surface area contributed by atoms with Crippen LogP contribution in [-0.2, 0) is 0 Å². The Morgan fingerprint density at radius 3 is 2.18 bits per heavy atom. The maximum absolute atomic E-state index is 6.83. The van der Waals surface area contributed by atoms with Gasteiger partial charge < -0.3 is 5.73 Å². The predicted molar refractivity (Wildman–Crippen MR) is 74.9 cm³/mol. The minimum atomic E-state index is 0.192. The maximum atomic E-state index is 6.83. The number of rotatable bonds is 2. The average molecular weight is 237 g/mol. The van der Waals surface area contributed by atoms with E-state index in [9.17, 15) is 0 Å². The van der Waals surface area contributed by atoms with Crippen LogP contribution in [0, 0.1) is 17.8 Å². The van der Waals surface area contributed by atoms with Crippen LogP contribution in [-0.4, -0.2) is 5.54 Å². The van der Waals surface area contributed by atoms with Crippen molar-refractivity contribution in [3.63, 3.8) is 0 Å². The summed E-state index contributed by atoms with van der Waals surface area (Å²) in [6, 6.07) is 0. The third-order valence-corrected chi connectivity index (χ3v) is 5.47. The Balaban J connectivity index is 2.00. The minimum absolute atomic E-state index is 0.192. The monoisotopic (exact) mass is 237 g/mol. The van der Waals surface area contributed by atoms with Gasteiger partial charge in [0.25, 0.3) is 0 Å². The van der Waals surface area contributed by atoms with Crippen LogP contribution < -0.4 is 5.73 Å². The van der Waals surface area contributed by atoms with Gasteiger partial charge in [-0.3, -0.25) is 0 Å². The number of hydrogen-bond donors (Lipinski definition) is 1. The minimum Gasteiger partial charge on any atom is -0.325 e. The van der Waals surface area contributed by atoms with E-state index >= 15 is 0 Å². The van der Waals surface area contributed by atoms with E-state index in [-0.39, 0.29) is 5.54 Å². The molecule has 100 valence electrons. The van der Waals surface area contributed by atoms with Crippen molar-refractivity contribution in [3.8, 4) is 0 Å². The summed E-state index contributed by atoms with van der Waals surface area (Å²) in [5.41, 5.74) is 7.02. The molecule has 2 rings (SSSR count). The Bertz CT molecular complexity index is 228. The molecule has 0 aromatic heterocycles. The van der Waals surface area contributed by atoms with Crippen molar-refractivity contribution < 1.29 is 0 Å². The van der Waals surface area contributed by atoms with Gasteiger partial charge in [0.1, 0.15) is 0 Å². The second kappa shape index (κ2) is 5.73. The molecule has 2 fully saturated rings. The van der Waals surface area contributed by atoms with Gasteiger partial charge >= 0.3 is 0 Å². The molecule has 1 nitrogen and oxygen atoms in total. The van der Waals surface area contributed by atoms with Gasteiger partial charge in [-0.25, -0.2) is 0 Å².